The van der Waals surface area contributed by atoms with Crippen LogP contribution in [0.2, 0.25) is 0 Å². The molecule has 0 aromatic carbocycles. The molecular formula is C11H13NO2S. The maximum atomic E-state index is 11.4. The molecule has 0 unspecified atom stereocenters. The summed E-state index contributed by atoms with van der Waals surface area (Å²) in [7, 11) is 0. The molecule has 0 spiro atoms. The van der Waals surface area contributed by atoms with Crippen molar-refractivity contribution < 1.29 is 9.90 Å². The van der Waals surface area contributed by atoms with Crippen LogP contribution < -0.4 is 5.32 Å². The maximum Gasteiger partial charge on any atom is 0.252 e. The van der Waals surface area contributed by atoms with Crippen LogP contribution in [0.4, 0.5) is 0 Å². The van der Waals surface area contributed by atoms with E-state index in [1.165, 1.54) is 11.3 Å². The van der Waals surface area contributed by atoms with Gasteiger partial charge in [-0.25, -0.2) is 0 Å². The first-order valence-electron chi connectivity index (χ1n) is 4.74. The molecule has 0 saturated carbocycles. The van der Waals surface area contributed by atoms with Gasteiger partial charge < -0.3 is 10.4 Å². The number of carbonyl (C=O) groups excluding carboxylic acids is 1. The van der Waals surface area contributed by atoms with Gasteiger partial charge in [-0.05, 0) is 13.0 Å². The molecule has 0 saturated heterocycles. The van der Waals surface area contributed by atoms with Crippen molar-refractivity contribution in [2.24, 2.45) is 0 Å². The summed E-state index contributed by atoms with van der Waals surface area (Å²) in [5.74, 6) is 5.64. The van der Waals surface area contributed by atoms with Crippen LogP contribution in [0.5, 0.6) is 0 Å². The highest BCUT2D eigenvalue weighted by Crippen LogP contribution is 2.13. The molecule has 15 heavy (non-hydrogen) atoms. The van der Waals surface area contributed by atoms with Crippen molar-refractivity contribution >= 4 is 17.2 Å². The fourth-order valence-corrected chi connectivity index (χ4v) is 1.74. The van der Waals surface area contributed by atoms with Crippen molar-refractivity contribution in [1.29, 1.82) is 0 Å². The third-order valence-electron chi connectivity index (χ3n) is 1.65. The van der Waals surface area contributed by atoms with E-state index in [0.29, 0.717) is 18.5 Å². The molecule has 0 aliphatic rings. The van der Waals surface area contributed by atoms with E-state index < -0.39 is 0 Å². The minimum absolute atomic E-state index is 0.0658. The number of thiophene rings is 1. The standard InChI is InChI=1S/C11H13NO2S/c1-2-12-11(14)9-7-10(15-8-9)5-3-4-6-13/h7-8,13H,2,4,6H2,1H3,(H,12,14). The summed E-state index contributed by atoms with van der Waals surface area (Å²) in [6.45, 7) is 2.58. The molecule has 0 aliphatic carbocycles. The van der Waals surface area contributed by atoms with Gasteiger partial charge in [0.15, 0.2) is 0 Å². The Labute approximate surface area is 93.1 Å². The lowest BCUT2D eigenvalue weighted by molar-refractivity contribution is 0.0956. The summed E-state index contributed by atoms with van der Waals surface area (Å²) in [6, 6.07) is 1.76. The number of nitrogens with one attached hydrogen (secondary N) is 1. The molecule has 1 rings (SSSR count). The van der Waals surface area contributed by atoms with E-state index in [2.05, 4.69) is 17.2 Å². The van der Waals surface area contributed by atoms with Crippen LogP contribution in [0.3, 0.4) is 0 Å². The zero-order valence-corrected chi connectivity index (χ0v) is 9.36. The summed E-state index contributed by atoms with van der Waals surface area (Å²) < 4.78 is 0. The predicted molar refractivity (Wildman–Crippen MR) is 60.9 cm³/mol. The number of rotatable bonds is 3. The molecule has 0 bridgehead atoms. The van der Waals surface area contributed by atoms with Crippen LogP contribution >= 0.6 is 11.3 Å². The topological polar surface area (TPSA) is 49.3 Å². The van der Waals surface area contributed by atoms with Gasteiger partial charge in [0.2, 0.25) is 0 Å². The van der Waals surface area contributed by atoms with Crippen LogP contribution in [0.1, 0.15) is 28.6 Å². The number of aliphatic hydroxyl groups is 1. The molecule has 80 valence electrons. The van der Waals surface area contributed by atoms with Crippen molar-refractivity contribution in [2.75, 3.05) is 13.2 Å². The van der Waals surface area contributed by atoms with Gasteiger partial charge >= 0.3 is 0 Å². The van der Waals surface area contributed by atoms with Crippen molar-refractivity contribution in [3.05, 3.63) is 21.9 Å². The highest BCUT2D eigenvalue weighted by molar-refractivity contribution is 7.10. The molecule has 3 nitrogen and oxygen atoms in total. The van der Waals surface area contributed by atoms with Crippen molar-refractivity contribution in [3.8, 4) is 11.8 Å². The quantitative estimate of drug-likeness (QED) is 0.757. The Balaban J connectivity index is 2.65. The largest absolute Gasteiger partial charge is 0.395 e. The third-order valence-corrected chi connectivity index (χ3v) is 2.49. The summed E-state index contributed by atoms with van der Waals surface area (Å²) >= 11 is 1.44. The smallest absolute Gasteiger partial charge is 0.252 e. The fourth-order valence-electron chi connectivity index (χ4n) is 0.989. The Kier molecular flexibility index (Phi) is 4.88. The van der Waals surface area contributed by atoms with Gasteiger partial charge in [0.1, 0.15) is 0 Å². The van der Waals surface area contributed by atoms with E-state index in [4.69, 9.17) is 5.11 Å². The molecule has 0 aliphatic heterocycles. The van der Waals surface area contributed by atoms with Gasteiger partial charge in [0.05, 0.1) is 17.0 Å². The minimum Gasteiger partial charge on any atom is -0.395 e. The zero-order valence-electron chi connectivity index (χ0n) is 8.54. The molecule has 1 heterocycles. The summed E-state index contributed by atoms with van der Waals surface area (Å²) in [5.41, 5.74) is 0.648. The van der Waals surface area contributed by atoms with Crippen molar-refractivity contribution in [3.63, 3.8) is 0 Å². The van der Waals surface area contributed by atoms with E-state index in [1.807, 2.05) is 6.92 Å². The highest BCUT2D eigenvalue weighted by Gasteiger charge is 2.05. The normalized spacial score (nSPS) is 9.20. The van der Waals surface area contributed by atoms with E-state index in [1.54, 1.807) is 11.4 Å². The lowest BCUT2D eigenvalue weighted by Gasteiger charge is -1.96. The molecule has 0 fully saturated rings. The zero-order chi connectivity index (χ0) is 11.1. The third kappa shape index (κ3) is 3.74. The highest BCUT2D eigenvalue weighted by atomic mass is 32.1. The SMILES string of the molecule is CCNC(=O)c1csc(C#CCCO)c1. The first-order valence-corrected chi connectivity index (χ1v) is 5.62. The van der Waals surface area contributed by atoms with Crippen molar-refractivity contribution in [2.45, 2.75) is 13.3 Å². The second-order valence-electron chi connectivity index (χ2n) is 2.83. The van der Waals surface area contributed by atoms with Gasteiger partial charge in [0.25, 0.3) is 5.91 Å². The second-order valence-corrected chi connectivity index (χ2v) is 3.75. The Morgan fingerprint density at radius 2 is 2.47 bits per heavy atom. The molecule has 2 N–H and O–H groups in total. The molecule has 1 aromatic heterocycles. The fraction of sp³-hybridized carbons (Fsp3) is 0.364. The molecule has 0 atom stereocenters. The Morgan fingerprint density at radius 1 is 1.67 bits per heavy atom. The van der Waals surface area contributed by atoms with Crippen LogP contribution in [0, 0.1) is 11.8 Å². The number of amides is 1. The van der Waals surface area contributed by atoms with Crippen LogP contribution in [-0.4, -0.2) is 24.2 Å². The second kappa shape index (κ2) is 6.23. The molecule has 4 heteroatoms. The lowest BCUT2D eigenvalue weighted by atomic mass is 10.3. The molecule has 0 radical (unpaired) electrons. The van der Waals surface area contributed by atoms with Gasteiger partial charge in [0, 0.05) is 18.3 Å². The average molecular weight is 223 g/mol. The summed E-state index contributed by atoms with van der Waals surface area (Å²) in [6.07, 6.45) is 0.467. The lowest BCUT2D eigenvalue weighted by Crippen LogP contribution is -2.21. The minimum atomic E-state index is -0.0658. The van der Waals surface area contributed by atoms with E-state index >= 15 is 0 Å². The van der Waals surface area contributed by atoms with Crippen molar-refractivity contribution in [1.82, 2.24) is 5.32 Å². The molecule has 1 amide bonds. The maximum absolute atomic E-state index is 11.4. The van der Waals surface area contributed by atoms with Gasteiger partial charge in [-0.15, -0.1) is 11.3 Å². The first-order chi connectivity index (χ1) is 7.27. The summed E-state index contributed by atoms with van der Waals surface area (Å²) in [5, 5.41) is 13.1. The van der Waals surface area contributed by atoms with Crippen LogP contribution in [0.25, 0.3) is 0 Å². The molecular weight excluding hydrogens is 210 g/mol. The predicted octanol–water partition coefficient (Wildman–Crippen LogP) is 1.23. The number of aliphatic hydroxyl groups excluding tert-OH is 1. The van der Waals surface area contributed by atoms with E-state index in [0.717, 1.165) is 4.88 Å². The number of hydrogen-bond acceptors (Lipinski definition) is 3. The van der Waals surface area contributed by atoms with Gasteiger partial charge in [-0.2, -0.15) is 0 Å². The number of hydrogen-bond donors (Lipinski definition) is 2. The van der Waals surface area contributed by atoms with Gasteiger partial charge in [-0.3, -0.25) is 4.79 Å². The number of carbonyl (C=O) groups is 1. The van der Waals surface area contributed by atoms with Crippen LogP contribution in [-0.2, 0) is 0 Å². The van der Waals surface area contributed by atoms with E-state index in [-0.39, 0.29) is 12.5 Å². The molecule has 1 aromatic rings. The Hall–Kier alpha value is -1.31. The first kappa shape index (κ1) is 11.8. The van der Waals surface area contributed by atoms with E-state index in [9.17, 15) is 4.79 Å². The Morgan fingerprint density at radius 3 is 3.13 bits per heavy atom. The Bertz CT molecular complexity index is 387. The van der Waals surface area contributed by atoms with Gasteiger partial charge in [-0.1, -0.05) is 11.8 Å². The average Bonchev–Trinajstić information content (AvgIpc) is 2.67. The monoisotopic (exact) mass is 223 g/mol. The summed E-state index contributed by atoms with van der Waals surface area (Å²) in [4.78, 5) is 12.2. The van der Waals surface area contributed by atoms with Crippen LogP contribution in [0.15, 0.2) is 11.4 Å².